The first kappa shape index (κ1) is 28.6. The van der Waals surface area contributed by atoms with Gasteiger partial charge in [-0.3, -0.25) is 0 Å². The first-order chi connectivity index (χ1) is 21.1. The number of piperidine rings is 1. The van der Waals surface area contributed by atoms with E-state index in [0.29, 0.717) is 28.4 Å². The molecule has 3 atom stereocenters. The lowest BCUT2D eigenvalue weighted by molar-refractivity contribution is -0.274. The van der Waals surface area contributed by atoms with Crippen molar-refractivity contribution in [2.24, 2.45) is 0 Å². The van der Waals surface area contributed by atoms with Crippen LogP contribution in [0.3, 0.4) is 0 Å². The maximum atomic E-state index is 14.8. The van der Waals surface area contributed by atoms with Crippen LogP contribution in [-0.2, 0) is 9.47 Å². The number of benzene rings is 2. The zero-order chi connectivity index (χ0) is 30.7. The average molecular weight is 632 g/mol. The molecule has 1 saturated carbocycles. The highest BCUT2D eigenvalue weighted by Crippen LogP contribution is 2.47. The van der Waals surface area contributed by atoms with Gasteiger partial charge in [-0.2, -0.15) is 0 Å². The third-order valence-corrected chi connectivity index (χ3v) is 9.30. The number of methoxy groups -OCH3 is 1. The Kier molecular flexibility index (Phi) is 6.98. The van der Waals surface area contributed by atoms with Crippen molar-refractivity contribution in [3.8, 4) is 17.0 Å². The first-order valence-electron chi connectivity index (χ1n) is 14.1. The van der Waals surface area contributed by atoms with E-state index in [-0.39, 0.29) is 45.9 Å². The molecule has 9 nitrogen and oxygen atoms in total. The summed E-state index contributed by atoms with van der Waals surface area (Å²) in [6.07, 6.45) is -1.26. The molecule has 230 valence electrons. The molecule has 2 aromatic carbocycles. The van der Waals surface area contributed by atoms with Gasteiger partial charge in [0.2, 0.25) is 0 Å². The van der Waals surface area contributed by atoms with E-state index < -0.39 is 36.0 Å². The largest absolute Gasteiger partial charge is 0.573 e. The third kappa shape index (κ3) is 5.24. The molecule has 0 amide bonds. The van der Waals surface area contributed by atoms with Crippen molar-refractivity contribution in [2.45, 2.75) is 69.0 Å². The Labute approximate surface area is 251 Å². The highest BCUT2D eigenvalue weighted by molar-refractivity contribution is 7.22. The van der Waals surface area contributed by atoms with Gasteiger partial charge in [0, 0.05) is 36.4 Å². The summed E-state index contributed by atoms with van der Waals surface area (Å²) in [6.45, 7) is 0. The van der Waals surface area contributed by atoms with Gasteiger partial charge in [-0.25, -0.2) is 19.0 Å². The summed E-state index contributed by atoms with van der Waals surface area (Å²) in [7, 11) is 1.23. The van der Waals surface area contributed by atoms with Crippen LogP contribution in [0.5, 0.6) is 5.75 Å². The molecule has 0 N–H and O–H groups in total. The van der Waals surface area contributed by atoms with E-state index in [1.807, 2.05) is 0 Å². The van der Waals surface area contributed by atoms with Crippen LogP contribution < -0.4 is 9.64 Å². The molecule has 44 heavy (non-hydrogen) atoms. The molecule has 2 bridgehead atoms. The van der Waals surface area contributed by atoms with Crippen LogP contribution in [0.15, 0.2) is 40.9 Å². The molecule has 4 heterocycles. The van der Waals surface area contributed by atoms with E-state index in [9.17, 15) is 27.2 Å². The number of ether oxygens (including phenoxy) is 3. The normalized spacial score (nSPS) is 21.5. The number of carbonyl (C=O) groups excluding carboxylic acids is 2. The number of hydrogen-bond acceptors (Lipinski definition) is 10. The number of hydrogen-bond donors (Lipinski definition) is 0. The van der Waals surface area contributed by atoms with Crippen LogP contribution in [0.4, 0.5) is 22.7 Å². The fraction of sp³-hybridized carbons (Fsp3) is 0.400. The topological polar surface area (TPSA) is 104 Å². The number of thiazole rings is 1. The van der Waals surface area contributed by atoms with Crippen molar-refractivity contribution in [3.05, 3.63) is 59.1 Å². The second-order valence-corrected chi connectivity index (χ2v) is 12.2. The Morgan fingerprint density at radius 3 is 2.45 bits per heavy atom. The summed E-state index contributed by atoms with van der Waals surface area (Å²) in [5.74, 6) is -2.22. The van der Waals surface area contributed by atoms with Gasteiger partial charge in [0.25, 0.3) is 0 Å². The van der Waals surface area contributed by atoms with Crippen LogP contribution in [0.25, 0.3) is 21.5 Å². The first-order valence-corrected chi connectivity index (χ1v) is 14.9. The Balaban J connectivity index is 1.13. The Bertz CT molecular complexity index is 1750. The monoisotopic (exact) mass is 631 g/mol. The molecule has 2 aromatic heterocycles. The zero-order valence-corrected chi connectivity index (χ0v) is 24.0. The van der Waals surface area contributed by atoms with Gasteiger partial charge in [0.1, 0.15) is 28.6 Å². The molecule has 3 aliphatic rings. The standard InChI is InChI=1S/C30H25F4N3O6S/c1-40-27(38)15-10-20(31)25-22(11-15)44-29(35-25)37-16-8-9-17(37)13-18(12-16)41-28(39)23-24(36-43-26(23)14-6-7-14)19-4-2-3-5-21(19)42-30(32,33)34/h2-5,10-11,14,16-18H,6-9,12-13H2,1H3/t16-,17+,18+. The van der Waals surface area contributed by atoms with Crippen LogP contribution in [0.2, 0.25) is 0 Å². The van der Waals surface area contributed by atoms with Crippen LogP contribution in [0.1, 0.15) is 70.9 Å². The predicted molar refractivity (Wildman–Crippen MR) is 149 cm³/mol. The SMILES string of the molecule is COC(=O)c1cc(F)c2nc(N3[C@@H]4CC[C@H]3C[C@@H](OC(=O)c3c(-c5ccccc5OC(F)(F)F)noc3C3CC3)C4)sc2c1. The maximum absolute atomic E-state index is 14.8. The highest BCUT2D eigenvalue weighted by atomic mass is 32.1. The summed E-state index contributed by atoms with van der Waals surface area (Å²) in [5.41, 5.74) is 0.213. The summed E-state index contributed by atoms with van der Waals surface area (Å²) < 4.78 is 75.1. The number of aromatic nitrogens is 2. The molecular weight excluding hydrogens is 606 g/mol. The van der Waals surface area contributed by atoms with Gasteiger partial charge in [-0.1, -0.05) is 28.6 Å². The number of fused-ring (bicyclic) bond motifs is 3. The number of halogens is 4. The number of nitrogens with zero attached hydrogens (tertiary/aromatic N) is 3. The second-order valence-electron chi connectivity index (χ2n) is 11.2. The number of anilines is 1. The Morgan fingerprint density at radius 2 is 1.77 bits per heavy atom. The van der Waals surface area contributed by atoms with Crippen LogP contribution >= 0.6 is 11.3 Å². The Morgan fingerprint density at radius 1 is 1.05 bits per heavy atom. The van der Waals surface area contributed by atoms with Gasteiger partial charge in [0.05, 0.1) is 17.4 Å². The van der Waals surface area contributed by atoms with Crippen molar-refractivity contribution >= 4 is 38.6 Å². The molecule has 2 aliphatic heterocycles. The molecule has 0 radical (unpaired) electrons. The molecule has 7 rings (SSSR count). The predicted octanol–water partition coefficient (Wildman–Crippen LogP) is 7.01. The lowest BCUT2D eigenvalue weighted by Gasteiger charge is -2.38. The van der Waals surface area contributed by atoms with E-state index in [0.717, 1.165) is 37.8 Å². The van der Waals surface area contributed by atoms with Gasteiger partial charge in [-0.15, -0.1) is 13.2 Å². The summed E-state index contributed by atoms with van der Waals surface area (Å²) in [5, 5.41) is 4.62. The molecule has 1 aliphatic carbocycles. The lowest BCUT2D eigenvalue weighted by Crippen LogP contribution is -2.46. The van der Waals surface area contributed by atoms with E-state index in [1.54, 1.807) is 6.07 Å². The molecule has 0 unspecified atom stereocenters. The minimum Gasteiger partial charge on any atom is -0.465 e. The van der Waals surface area contributed by atoms with E-state index in [2.05, 4.69) is 19.8 Å². The van der Waals surface area contributed by atoms with Crippen molar-refractivity contribution in [3.63, 3.8) is 0 Å². The van der Waals surface area contributed by atoms with Gasteiger partial charge >= 0.3 is 18.3 Å². The van der Waals surface area contributed by atoms with E-state index in [1.165, 1.54) is 36.6 Å². The quantitative estimate of drug-likeness (QED) is 0.157. The fourth-order valence-corrected chi connectivity index (χ4v) is 7.42. The minimum absolute atomic E-state index is 0.0172. The maximum Gasteiger partial charge on any atom is 0.573 e. The molecule has 2 saturated heterocycles. The summed E-state index contributed by atoms with van der Waals surface area (Å²) in [6, 6.07) is 8.08. The summed E-state index contributed by atoms with van der Waals surface area (Å²) >= 11 is 1.28. The van der Waals surface area contributed by atoms with Crippen LogP contribution in [-0.4, -0.2) is 53.7 Å². The third-order valence-electron chi connectivity index (χ3n) is 8.28. The molecule has 0 spiro atoms. The fourth-order valence-electron chi connectivity index (χ4n) is 6.25. The van der Waals surface area contributed by atoms with Crippen molar-refractivity contribution in [1.29, 1.82) is 0 Å². The number of para-hydroxylation sites is 1. The molecule has 14 heteroatoms. The number of esters is 2. The number of carbonyl (C=O) groups is 2. The summed E-state index contributed by atoms with van der Waals surface area (Å²) in [4.78, 5) is 32.3. The van der Waals surface area contributed by atoms with Crippen molar-refractivity contribution in [2.75, 3.05) is 12.0 Å². The van der Waals surface area contributed by atoms with Gasteiger partial charge in [-0.05, 0) is 49.9 Å². The van der Waals surface area contributed by atoms with E-state index in [4.69, 9.17) is 14.0 Å². The molecular formula is C30H25F4N3O6S. The average Bonchev–Trinajstić information content (AvgIpc) is 3.47. The zero-order valence-electron chi connectivity index (χ0n) is 23.2. The Hall–Kier alpha value is -4.20. The number of alkyl halides is 3. The van der Waals surface area contributed by atoms with Crippen molar-refractivity contribution in [1.82, 2.24) is 10.1 Å². The number of rotatable bonds is 7. The van der Waals surface area contributed by atoms with Crippen molar-refractivity contribution < 1.29 is 45.9 Å². The second kappa shape index (κ2) is 10.8. The smallest absolute Gasteiger partial charge is 0.465 e. The molecule has 3 fully saturated rings. The molecule has 4 aromatic rings. The minimum atomic E-state index is -4.94. The van der Waals surface area contributed by atoms with Gasteiger partial charge in [0.15, 0.2) is 16.7 Å². The lowest BCUT2D eigenvalue weighted by atomic mass is 9.99. The van der Waals surface area contributed by atoms with Crippen LogP contribution in [0, 0.1) is 5.82 Å². The van der Waals surface area contributed by atoms with E-state index >= 15 is 0 Å². The van der Waals surface area contributed by atoms with Gasteiger partial charge < -0.3 is 23.6 Å². The highest BCUT2D eigenvalue weighted by Gasteiger charge is 2.45.